The molecule has 2 saturated heterocycles. The van der Waals surface area contributed by atoms with Gasteiger partial charge in [-0.3, -0.25) is 9.59 Å². The van der Waals surface area contributed by atoms with Crippen molar-refractivity contribution in [3.8, 4) is 0 Å². The molecule has 0 aromatic heterocycles. The lowest BCUT2D eigenvalue weighted by molar-refractivity contribution is -0.132. The summed E-state index contributed by atoms with van der Waals surface area (Å²) in [4.78, 5) is 39.7. The minimum Gasteiger partial charge on any atom is -0.354 e. The van der Waals surface area contributed by atoms with E-state index in [1.165, 1.54) is 4.90 Å². The van der Waals surface area contributed by atoms with E-state index < -0.39 is 33.8 Å². The third-order valence-corrected chi connectivity index (χ3v) is 8.80. The molecule has 35 heavy (non-hydrogen) atoms. The molecular formula is C23H32FN5O5S. The first kappa shape index (κ1) is 25.4. The molecule has 4 rings (SSSR count). The molecule has 3 N–H and O–H groups in total. The van der Waals surface area contributed by atoms with Crippen LogP contribution in [0.15, 0.2) is 29.2 Å². The fourth-order valence-electron chi connectivity index (χ4n) is 4.88. The molecule has 0 bridgehead atoms. The molecule has 12 heteroatoms. The van der Waals surface area contributed by atoms with Crippen LogP contribution in [0.5, 0.6) is 0 Å². The summed E-state index contributed by atoms with van der Waals surface area (Å²) < 4.78 is 41.2. The summed E-state index contributed by atoms with van der Waals surface area (Å²) in [6, 6.07) is 2.13. The third kappa shape index (κ3) is 5.92. The van der Waals surface area contributed by atoms with Crippen LogP contribution in [-0.4, -0.2) is 79.8 Å². The highest BCUT2D eigenvalue weighted by Gasteiger charge is 2.42. The number of halogens is 1. The van der Waals surface area contributed by atoms with Crippen molar-refractivity contribution in [3.63, 3.8) is 0 Å². The molecule has 192 valence electrons. The number of sulfonamides is 1. The molecule has 10 nitrogen and oxygen atoms in total. The number of nitrogens with one attached hydrogen (secondary N) is 3. The van der Waals surface area contributed by atoms with Gasteiger partial charge in [-0.25, -0.2) is 17.6 Å². The molecule has 1 saturated carbocycles. The average molecular weight is 510 g/mol. The summed E-state index contributed by atoms with van der Waals surface area (Å²) in [7, 11) is -4.16. The largest absolute Gasteiger partial charge is 0.354 e. The molecule has 1 aromatic rings. The summed E-state index contributed by atoms with van der Waals surface area (Å²) >= 11 is 0. The van der Waals surface area contributed by atoms with Crippen molar-refractivity contribution in [1.29, 1.82) is 0 Å². The van der Waals surface area contributed by atoms with Gasteiger partial charge < -0.3 is 20.9 Å². The Bertz CT molecular complexity index is 1040. The molecular weight excluding hydrogens is 477 g/mol. The van der Waals surface area contributed by atoms with Crippen LogP contribution in [0.4, 0.5) is 9.18 Å². The second-order valence-corrected chi connectivity index (χ2v) is 11.2. The maximum atomic E-state index is 13.4. The van der Waals surface area contributed by atoms with E-state index in [0.717, 1.165) is 60.7 Å². The highest BCUT2D eigenvalue weighted by Crippen LogP contribution is 2.23. The molecule has 3 fully saturated rings. The van der Waals surface area contributed by atoms with Gasteiger partial charge in [-0.1, -0.05) is 19.3 Å². The van der Waals surface area contributed by atoms with Gasteiger partial charge in [0.1, 0.15) is 17.9 Å². The number of carbonyl (C=O) groups excluding carboxylic acids is 3. The van der Waals surface area contributed by atoms with Crippen LogP contribution in [-0.2, 0) is 19.6 Å². The van der Waals surface area contributed by atoms with Gasteiger partial charge in [0.05, 0.1) is 4.90 Å². The normalized spacial score (nSPS) is 24.5. The fourth-order valence-corrected chi connectivity index (χ4v) is 6.45. The van der Waals surface area contributed by atoms with E-state index in [0.29, 0.717) is 19.4 Å². The summed E-state index contributed by atoms with van der Waals surface area (Å²) in [5.41, 5.74) is 0. The molecule has 2 aliphatic heterocycles. The van der Waals surface area contributed by atoms with Crippen LogP contribution in [0.2, 0.25) is 0 Å². The zero-order valence-corrected chi connectivity index (χ0v) is 20.4. The second kappa shape index (κ2) is 10.9. The molecule has 2 unspecified atom stereocenters. The summed E-state index contributed by atoms with van der Waals surface area (Å²) in [5.74, 6) is -1.54. The highest BCUT2D eigenvalue weighted by atomic mass is 32.2. The molecule has 3 aliphatic rings. The van der Waals surface area contributed by atoms with Crippen molar-refractivity contribution < 1.29 is 27.2 Å². The Hall–Kier alpha value is -2.73. The number of piperazine rings is 1. The summed E-state index contributed by atoms with van der Waals surface area (Å²) in [6.45, 7) is 0.368. The fraction of sp³-hybridized carbons (Fsp3) is 0.609. The van der Waals surface area contributed by atoms with Crippen molar-refractivity contribution in [2.75, 3.05) is 26.2 Å². The van der Waals surface area contributed by atoms with Crippen LogP contribution < -0.4 is 16.0 Å². The Morgan fingerprint density at radius 2 is 1.69 bits per heavy atom. The van der Waals surface area contributed by atoms with E-state index in [-0.39, 0.29) is 42.5 Å². The monoisotopic (exact) mass is 509 g/mol. The quantitative estimate of drug-likeness (QED) is 0.544. The lowest BCUT2D eigenvalue weighted by Gasteiger charge is -2.40. The first-order chi connectivity index (χ1) is 16.8. The number of urea groups is 1. The first-order valence-corrected chi connectivity index (χ1v) is 13.6. The van der Waals surface area contributed by atoms with Crippen molar-refractivity contribution in [2.24, 2.45) is 0 Å². The van der Waals surface area contributed by atoms with Crippen molar-refractivity contribution >= 4 is 27.9 Å². The van der Waals surface area contributed by atoms with Gasteiger partial charge in [0.2, 0.25) is 21.8 Å². The van der Waals surface area contributed by atoms with Crippen LogP contribution >= 0.6 is 0 Å². The maximum Gasteiger partial charge on any atom is 0.317 e. The van der Waals surface area contributed by atoms with Gasteiger partial charge in [0, 0.05) is 32.2 Å². The topological polar surface area (TPSA) is 128 Å². The van der Waals surface area contributed by atoms with Gasteiger partial charge >= 0.3 is 6.03 Å². The Kier molecular flexibility index (Phi) is 7.90. The number of carbonyl (C=O) groups is 3. The lowest BCUT2D eigenvalue weighted by atomic mass is 9.96. The number of hydrogen-bond donors (Lipinski definition) is 3. The Balaban J connectivity index is 1.54. The molecule has 0 radical (unpaired) electrons. The van der Waals surface area contributed by atoms with Crippen molar-refractivity contribution in [1.82, 2.24) is 25.2 Å². The van der Waals surface area contributed by atoms with Gasteiger partial charge in [-0.15, -0.1) is 0 Å². The van der Waals surface area contributed by atoms with Crippen LogP contribution in [0.3, 0.4) is 0 Å². The maximum absolute atomic E-state index is 13.4. The van der Waals surface area contributed by atoms with Crippen molar-refractivity contribution in [3.05, 3.63) is 30.1 Å². The average Bonchev–Trinajstić information content (AvgIpc) is 2.86. The molecule has 0 spiro atoms. The van der Waals surface area contributed by atoms with E-state index in [1.54, 1.807) is 0 Å². The second-order valence-electron chi connectivity index (χ2n) is 9.31. The van der Waals surface area contributed by atoms with E-state index in [1.807, 2.05) is 0 Å². The Morgan fingerprint density at radius 3 is 2.37 bits per heavy atom. The van der Waals surface area contributed by atoms with Crippen LogP contribution in [0, 0.1) is 5.82 Å². The van der Waals surface area contributed by atoms with Crippen LogP contribution in [0.1, 0.15) is 44.9 Å². The zero-order chi connectivity index (χ0) is 25.0. The molecule has 4 amide bonds. The van der Waals surface area contributed by atoms with E-state index in [4.69, 9.17) is 0 Å². The zero-order valence-electron chi connectivity index (χ0n) is 19.5. The van der Waals surface area contributed by atoms with Crippen LogP contribution in [0.25, 0.3) is 0 Å². The Labute approximate surface area is 204 Å². The molecule has 2 heterocycles. The summed E-state index contributed by atoms with van der Waals surface area (Å²) in [5, 5.41) is 8.37. The van der Waals surface area contributed by atoms with Gasteiger partial charge in [-0.2, -0.15) is 4.31 Å². The van der Waals surface area contributed by atoms with E-state index in [9.17, 15) is 27.2 Å². The van der Waals surface area contributed by atoms with Crippen molar-refractivity contribution in [2.45, 2.75) is 68.0 Å². The predicted molar refractivity (Wildman–Crippen MR) is 125 cm³/mol. The first-order valence-electron chi connectivity index (χ1n) is 12.2. The number of rotatable bonds is 5. The molecule has 1 aromatic carbocycles. The number of benzene rings is 1. The predicted octanol–water partition coefficient (Wildman–Crippen LogP) is 0.938. The van der Waals surface area contributed by atoms with E-state index in [2.05, 4.69) is 16.0 Å². The number of nitrogens with zero attached hydrogens (tertiary/aromatic N) is 2. The number of piperidine rings is 1. The van der Waals surface area contributed by atoms with Gasteiger partial charge in [0.15, 0.2) is 0 Å². The standard InChI is InChI=1S/C23H32FN5O5S/c24-16-8-10-18(11-9-16)35(33,34)29-14-13-28(23(32)26-17-5-2-1-3-6-17)15-20(29)22(31)27-19-7-4-12-25-21(19)30/h8-11,17,19-20H,1-7,12-15H2,(H,25,30)(H,26,32)(H,27,31). The molecule has 2 atom stereocenters. The van der Waals surface area contributed by atoms with E-state index >= 15 is 0 Å². The minimum atomic E-state index is -4.16. The number of hydrogen-bond acceptors (Lipinski definition) is 5. The molecule has 1 aliphatic carbocycles. The number of amides is 4. The Morgan fingerprint density at radius 1 is 0.971 bits per heavy atom. The van der Waals surface area contributed by atoms with Gasteiger partial charge in [-0.05, 0) is 49.9 Å². The SMILES string of the molecule is O=C1NCCCC1NC(=O)C1CN(C(=O)NC2CCCCC2)CCN1S(=O)(=O)c1ccc(F)cc1. The smallest absolute Gasteiger partial charge is 0.317 e. The summed E-state index contributed by atoms with van der Waals surface area (Å²) in [6.07, 6.45) is 6.15. The lowest BCUT2D eigenvalue weighted by Crippen LogP contribution is -2.64. The minimum absolute atomic E-state index is 0.0652. The third-order valence-electron chi connectivity index (χ3n) is 6.88. The van der Waals surface area contributed by atoms with Gasteiger partial charge in [0.25, 0.3) is 0 Å². The highest BCUT2D eigenvalue weighted by molar-refractivity contribution is 7.89.